The van der Waals surface area contributed by atoms with Gasteiger partial charge in [-0.1, -0.05) is 109 Å². The van der Waals surface area contributed by atoms with E-state index in [-0.39, 0.29) is 43.2 Å². The van der Waals surface area contributed by atoms with Crippen LogP contribution in [-0.2, 0) is 21.6 Å². The minimum Gasteiger partial charge on any atom is -0.486 e. The molecule has 0 unspecified atom stereocenters. The molecule has 1 aliphatic carbocycles. The van der Waals surface area contributed by atoms with Gasteiger partial charge in [0.1, 0.15) is 35.7 Å². The van der Waals surface area contributed by atoms with Gasteiger partial charge >= 0.3 is 6.09 Å². The van der Waals surface area contributed by atoms with Gasteiger partial charge in [0.05, 0.1) is 17.3 Å². The summed E-state index contributed by atoms with van der Waals surface area (Å²) in [4.78, 5) is 22.7. The van der Waals surface area contributed by atoms with Crippen molar-refractivity contribution in [2.45, 2.75) is 89.7 Å². The number of likely N-dealkylation sites (tertiary alicyclic amines) is 1. The van der Waals surface area contributed by atoms with E-state index in [0.29, 0.717) is 46.9 Å². The van der Waals surface area contributed by atoms with Crippen molar-refractivity contribution in [3.8, 4) is 35.1 Å². The fraction of sp³-hybridized carbons (Fsp3) is 0.306. The SMILES string of the molecule is C#Cc1ccc(COc2c(-c3c(C)c(F)cc4nn(C(c5ccccc5)(c5ccccc5)c5ccccc5)cc34)c(C3CC3)cc3c(N(C)[C@H]4CCN(C(=O)OC(C)(C)C)C4)cc(OC[C@H](C)OC)nc23)cc1. The molecule has 2 atom stereocenters. The van der Waals surface area contributed by atoms with Gasteiger partial charge in [0.15, 0.2) is 5.75 Å². The standard InChI is InChI=1S/C62H62FN5O5/c1-9-42-25-27-43(28-26-42)39-72-59-57(49(44-29-30-44)33-50-54(35-55(64-58(50)59)71-38-40(2)70-8)66(7)48-31-32-67(36-48)60(69)73-61(4,5)6)56-41(3)52(63)34-53-51(56)37-68(65-53)62(45-19-13-10-14-20-45,46-21-15-11-16-22-46)47-23-17-12-18-24-47/h1,10-28,33-35,37,40,44,48H,29-32,36,38-39H2,2-8H3/t40-,48-/m0/s1. The number of fused-ring (bicyclic) bond motifs is 2. The van der Waals surface area contributed by atoms with Gasteiger partial charge < -0.3 is 28.7 Å². The van der Waals surface area contributed by atoms with E-state index in [2.05, 4.69) is 66.5 Å². The third-order valence-electron chi connectivity index (χ3n) is 14.4. The Bertz CT molecular complexity index is 3230. The van der Waals surface area contributed by atoms with Gasteiger partial charge in [-0.25, -0.2) is 14.2 Å². The summed E-state index contributed by atoms with van der Waals surface area (Å²) in [7, 11) is 3.71. The number of carbonyl (C=O) groups excluding carboxylic acids is 1. The second-order valence-electron chi connectivity index (χ2n) is 20.5. The number of likely N-dealkylation sites (N-methyl/N-ethyl adjacent to an activating group) is 1. The van der Waals surface area contributed by atoms with Crippen molar-refractivity contribution in [3.05, 3.63) is 184 Å². The average molecular weight is 976 g/mol. The van der Waals surface area contributed by atoms with E-state index in [1.807, 2.05) is 124 Å². The number of hydrogen-bond acceptors (Lipinski definition) is 8. The maximum Gasteiger partial charge on any atom is 0.410 e. The summed E-state index contributed by atoms with van der Waals surface area (Å²) in [6, 6.07) is 44.6. The number of carbonyl (C=O) groups is 1. The van der Waals surface area contributed by atoms with Crippen LogP contribution in [0.2, 0.25) is 0 Å². The molecule has 0 spiro atoms. The van der Waals surface area contributed by atoms with E-state index >= 15 is 4.39 Å². The predicted molar refractivity (Wildman–Crippen MR) is 287 cm³/mol. The topological polar surface area (TPSA) is 91.2 Å². The molecule has 8 aromatic rings. The van der Waals surface area contributed by atoms with E-state index < -0.39 is 11.1 Å². The number of aromatic nitrogens is 3. The first-order valence-electron chi connectivity index (χ1n) is 25.2. The van der Waals surface area contributed by atoms with Gasteiger partial charge in [-0.2, -0.15) is 5.10 Å². The molecule has 2 aromatic heterocycles. The van der Waals surface area contributed by atoms with E-state index in [0.717, 1.165) is 74.7 Å². The van der Waals surface area contributed by atoms with Crippen molar-refractivity contribution in [2.24, 2.45) is 0 Å². The Labute approximate surface area is 427 Å². The Kier molecular flexibility index (Phi) is 13.5. The maximum atomic E-state index is 17.2. The lowest BCUT2D eigenvalue weighted by Crippen LogP contribution is -2.39. The lowest BCUT2D eigenvalue weighted by atomic mass is 9.77. The Morgan fingerprint density at radius 2 is 1.48 bits per heavy atom. The smallest absolute Gasteiger partial charge is 0.410 e. The predicted octanol–water partition coefficient (Wildman–Crippen LogP) is 12.8. The quantitative estimate of drug-likeness (QED) is 0.0741. The van der Waals surface area contributed by atoms with Gasteiger partial charge in [0, 0.05) is 79.1 Å². The average Bonchev–Trinajstić information content (AvgIpc) is 3.98. The molecule has 6 aromatic carbocycles. The lowest BCUT2D eigenvalue weighted by Gasteiger charge is -2.36. The first-order valence-corrected chi connectivity index (χ1v) is 25.2. The highest BCUT2D eigenvalue weighted by atomic mass is 19.1. The van der Waals surface area contributed by atoms with Crippen LogP contribution >= 0.6 is 0 Å². The van der Waals surface area contributed by atoms with Crippen molar-refractivity contribution in [3.63, 3.8) is 0 Å². The molecule has 2 aliphatic rings. The number of anilines is 1. The van der Waals surface area contributed by atoms with Crippen LogP contribution in [0.15, 0.2) is 140 Å². The zero-order valence-corrected chi connectivity index (χ0v) is 42.7. The maximum absolute atomic E-state index is 17.2. The number of amides is 1. The number of hydrogen-bond donors (Lipinski definition) is 0. The number of terminal acetylenes is 1. The number of nitrogens with zero attached hydrogens (tertiary/aromatic N) is 5. The minimum atomic E-state index is -0.955. The monoisotopic (exact) mass is 975 g/mol. The van der Waals surface area contributed by atoms with Gasteiger partial charge in [-0.15, -0.1) is 6.42 Å². The number of halogens is 1. The van der Waals surface area contributed by atoms with Crippen molar-refractivity contribution < 1.29 is 28.1 Å². The number of rotatable bonds is 15. The third kappa shape index (κ3) is 9.60. The molecule has 1 saturated heterocycles. The van der Waals surface area contributed by atoms with E-state index in [1.165, 1.54) is 0 Å². The number of pyridine rings is 1. The summed E-state index contributed by atoms with van der Waals surface area (Å²) >= 11 is 0. The van der Waals surface area contributed by atoms with Crippen LogP contribution in [0.25, 0.3) is 32.9 Å². The van der Waals surface area contributed by atoms with E-state index in [4.69, 9.17) is 35.5 Å². The summed E-state index contributed by atoms with van der Waals surface area (Å²) in [5.41, 5.74) is 7.94. The van der Waals surface area contributed by atoms with E-state index in [1.54, 1.807) is 18.1 Å². The number of benzene rings is 6. The Balaban J connectivity index is 1.24. The summed E-state index contributed by atoms with van der Waals surface area (Å²) in [6.45, 7) is 10.9. The molecule has 73 heavy (non-hydrogen) atoms. The summed E-state index contributed by atoms with van der Waals surface area (Å²) in [5.74, 6) is 3.38. The number of methoxy groups -OCH3 is 1. The normalized spacial score (nSPS) is 15.3. The first kappa shape index (κ1) is 48.9. The highest BCUT2D eigenvalue weighted by molar-refractivity contribution is 6.07. The molecule has 10 rings (SSSR count). The van der Waals surface area contributed by atoms with Crippen LogP contribution in [0.4, 0.5) is 14.9 Å². The summed E-state index contributed by atoms with van der Waals surface area (Å²) in [5, 5.41) is 7.02. The fourth-order valence-electron chi connectivity index (χ4n) is 10.3. The molecule has 1 aliphatic heterocycles. The van der Waals surface area contributed by atoms with Crippen LogP contribution in [-0.4, -0.2) is 77.4 Å². The Morgan fingerprint density at radius 1 is 0.849 bits per heavy atom. The zero-order chi connectivity index (χ0) is 51.0. The van der Waals surface area contributed by atoms with Crippen molar-refractivity contribution in [2.75, 3.05) is 38.8 Å². The first-order chi connectivity index (χ1) is 35.3. The van der Waals surface area contributed by atoms with Gasteiger partial charge in [0.2, 0.25) is 5.88 Å². The van der Waals surface area contributed by atoms with Crippen LogP contribution in [0.1, 0.15) is 91.8 Å². The largest absolute Gasteiger partial charge is 0.486 e. The highest BCUT2D eigenvalue weighted by Gasteiger charge is 2.41. The van der Waals surface area contributed by atoms with Crippen LogP contribution < -0.4 is 14.4 Å². The van der Waals surface area contributed by atoms with Crippen LogP contribution in [0.5, 0.6) is 11.6 Å². The molecule has 3 heterocycles. The van der Waals surface area contributed by atoms with Crippen molar-refractivity contribution in [1.82, 2.24) is 19.7 Å². The molecule has 1 saturated carbocycles. The highest BCUT2D eigenvalue weighted by Crippen LogP contribution is 2.54. The van der Waals surface area contributed by atoms with Crippen molar-refractivity contribution >= 4 is 33.6 Å². The number of ether oxygens (including phenoxy) is 4. The molecule has 1 amide bonds. The molecule has 2 fully saturated rings. The second-order valence-corrected chi connectivity index (χ2v) is 20.5. The van der Waals surface area contributed by atoms with E-state index in [9.17, 15) is 4.79 Å². The summed E-state index contributed by atoms with van der Waals surface area (Å²) < 4.78 is 44.4. The third-order valence-corrected chi connectivity index (χ3v) is 14.4. The van der Waals surface area contributed by atoms with Crippen LogP contribution in [0, 0.1) is 25.1 Å². The van der Waals surface area contributed by atoms with Crippen LogP contribution in [0.3, 0.4) is 0 Å². The molecule has 372 valence electrons. The molecule has 0 radical (unpaired) electrons. The fourth-order valence-corrected chi connectivity index (χ4v) is 10.3. The summed E-state index contributed by atoms with van der Waals surface area (Å²) in [6.07, 6.45) is 9.93. The molecule has 0 N–H and O–H groups in total. The zero-order valence-electron chi connectivity index (χ0n) is 42.7. The van der Waals surface area contributed by atoms with Crippen molar-refractivity contribution in [1.29, 1.82) is 0 Å². The molecular weight excluding hydrogens is 914 g/mol. The molecule has 0 bridgehead atoms. The second kappa shape index (κ2) is 20.1. The Morgan fingerprint density at radius 3 is 2.05 bits per heavy atom. The van der Waals surface area contributed by atoms with Gasteiger partial charge in [-0.05, 0) is 111 Å². The Hall–Kier alpha value is -7.68. The lowest BCUT2D eigenvalue weighted by molar-refractivity contribution is 0.0292. The van der Waals surface area contributed by atoms with Gasteiger partial charge in [0.25, 0.3) is 0 Å². The molecule has 11 heteroatoms. The molecular formula is C62H62FN5O5. The molecule has 10 nitrogen and oxygen atoms in total. The van der Waals surface area contributed by atoms with Gasteiger partial charge in [-0.3, -0.25) is 4.68 Å². The minimum absolute atomic E-state index is 0.0537.